The van der Waals surface area contributed by atoms with Crippen molar-refractivity contribution in [2.45, 2.75) is 35.6 Å². The molecule has 2 aliphatic rings. The van der Waals surface area contributed by atoms with Crippen LogP contribution in [0.5, 0.6) is 0 Å². The van der Waals surface area contributed by atoms with Gasteiger partial charge in [-0.3, -0.25) is 4.79 Å². The molecule has 2 aliphatic heterocycles. The van der Waals surface area contributed by atoms with Crippen LogP contribution in [0.1, 0.15) is 24.8 Å². The zero-order chi connectivity index (χ0) is 20.4. The molecule has 0 N–H and O–H groups in total. The first-order valence-corrected chi connectivity index (χ1v) is 12.1. The zero-order valence-corrected chi connectivity index (χ0v) is 17.6. The average molecular weight is 434 g/mol. The minimum atomic E-state index is -3.47. The Bertz CT molecular complexity index is 1020. The number of fused-ring (bicyclic) bond motifs is 1. The van der Waals surface area contributed by atoms with Gasteiger partial charge in [0.15, 0.2) is 6.20 Å². The fourth-order valence-corrected chi connectivity index (χ4v) is 6.17. The zero-order valence-electron chi connectivity index (χ0n) is 16.0. The molecule has 0 atom stereocenters. The van der Waals surface area contributed by atoms with Crippen LogP contribution in [0, 0.1) is 5.21 Å². The van der Waals surface area contributed by atoms with E-state index in [2.05, 4.69) is 0 Å². The third-order valence-corrected chi connectivity index (χ3v) is 8.20. The third-order valence-electron chi connectivity index (χ3n) is 5.31. The number of benzene rings is 1. The molecule has 4 rings (SSSR count). The van der Waals surface area contributed by atoms with Crippen LogP contribution in [0.15, 0.2) is 52.5 Å². The predicted molar refractivity (Wildman–Crippen MR) is 111 cm³/mol. The van der Waals surface area contributed by atoms with E-state index in [1.807, 2.05) is 0 Å². The molecule has 9 heteroatoms. The van der Waals surface area contributed by atoms with Crippen LogP contribution in [0.2, 0.25) is 0 Å². The lowest BCUT2D eigenvalue weighted by Gasteiger charge is -2.30. The summed E-state index contributed by atoms with van der Waals surface area (Å²) in [6.45, 7) is 1.73. The van der Waals surface area contributed by atoms with E-state index in [-0.39, 0.29) is 11.7 Å². The molecule has 0 radical (unpaired) electrons. The fourth-order valence-electron chi connectivity index (χ4n) is 3.81. The van der Waals surface area contributed by atoms with Gasteiger partial charge in [-0.05, 0) is 67.3 Å². The Morgan fingerprint density at radius 1 is 1.10 bits per heavy atom. The lowest BCUT2D eigenvalue weighted by atomic mass is 10.0. The number of aryl methyl sites for hydroxylation is 1. The van der Waals surface area contributed by atoms with Crippen LogP contribution >= 0.6 is 11.8 Å². The summed E-state index contributed by atoms with van der Waals surface area (Å²) < 4.78 is 28.0. The van der Waals surface area contributed by atoms with Crippen molar-refractivity contribution in [3.63, 3.8) is 0 Å². The number of nitrogens with zero attached hydrogens (tertiary/aromatic N) is 3. The first-order valence-electron chi connectivity index (χ1n) is 9.71. The quantitative estimate of drug-likeness (QED) is 0.410. The van der Waals surface area contributed by atoms with Crippen LogP contribution in [0.3, 0.4) is 0 Å². The second kappa shape index (κ2) is 8.33. The molecule has 0 unspecified atom stereocenters. The number of thioether (sulfide) groups is 1. The van der Waals surface area contributed by atoms with Crippen LogP contribution in [-0.4, -0.2) is 44.0 Å². The second-order valence-electron chi connectivity index (χ2n) is 7.20. The fraction of sp³-hybridized carbons (Fsp3) is 0.400. The van der Waals surface area contributed by atoms with Crippen LogP contribution in [0.4, 0.5) is 5.69 Å². The van der Waals surface area contributed by atoms with E-state index in [1.54, 1.807) is 41.3 Å². The number of sulfonamides is 1. The maximum Gasteiger partial charge on any atom is 0.251 e. The summed E-state index contributed by atoms with van der Waals surface area (Å²) in [5, 5.41) is 12.2. The van der Waals surface area contributed by atoms with Gasteiger partial charge in [0.25, 0.3) is 5.03 Å². The molecule has 0 saturated carbocycles. The average Bonchev–Trinajstić information content (AvgIpc) is 3.28. The first-order chi connectivity index (χ1) is 14.0. The summed E-state index contributed by atoms with van der Waals surface area (Å²) in [4.78, 5) is 14.8. The summed E-state index contributed by atoms with van der Waals surface area (Å²) in [6, 6.07) is 10.2. The molecule has 1 saturated heterocycles. The van der Waals surface area contributed by atoms with E-state index in [4.69, 9.17) is 0 Å². The standard InChI is InChI=1S/C20H23N3O4S2/c24-19(15-28-20-7-1-2-13-23(20)25)22-12-5-6-16-14-17(8-9-18(16)22)29(26,27)21-10-3-4-11-21/h1-2,7-9,13-14H,3-6,10-12,15H2. The van der Waals surface area contributed by atoms with Gasteiger partial charge in [0.05, 0.1) is 10.6 Å². The highest BCUT2D eigenvalue weighted by molar-refractivity contribution is 7.99. The van der Waals surface area contributed by atoms with Crippen LogP contribution in [0.25, 0.3) is 0 Å². The topological polar surface area (TPSA) is 84.6 Å². The van der Waals surface area contributed by atoms with Crippen molar-refractivity contribution in [2.24, 2.45) is 0 Å². The van der Waals surface area contributed by atoms with Crippen molar-refractivity contribution in [1.29, 1.82) is 0 Å². The molecule has 29 heavy (non-hydrogen) atoms. The SMILES string of the molecule is O=C(CSc1cccc[n+]1[O-])N1CCCc2cc(S(=O)(=O)N3CCCC3)ccc21. The Hall–Kier alpha value is -2.10. The van der Waals surface area contributed by atoms with E-state index >= 15 is 0 Å². The summed E-state index contributed by atoms with van der Waals surface area (Å²) in [5.41, 5.74) is 1.65. The maximum absolute atomic E-state index is 12.8. The van der Waals surface area contributed by atoms with Gasteiger partial charge in [-0.2, -0.15) is 9.04 Å². The van der Waals surface area contributed by atoms with Gasteiger partial charge in [0.1, 0.15) is 0 Å². The molecule has 7 nitrogen and oxygen atoms in total. The number of hydrogen-bond acceptors (Lipinski definition) is 5. The Labute approximate surface area is 175 Å². The van der Waals surface area contributed by atoms with Gasteiger partial charge in [-0.1, -0.05) is 0 Å². The number of rotatable bonds is 5. The second-order valence-corrected chi connectivity index (χ2v) is 10.1. The Morgan fingerprint density at radius 2 is 1.90 bits per heavy atom. The molecule has 154 valence electrons. The van der Waals surface area contributed by atoms with Crippen LogP contribution in [-0.2, 0) is 21.2 Å². The number of aromatic nitrogens is 1. The lowest BCUT2D eigenvalue weighted by molar-refractivity contribution is -0.645. The van der Waals surface area contributed by atoms with Gasteiger partial charge < -0.3 is 10.1 Å². The Balaban J connectivity index is 1.52. The summed E-state index contributed by atoms with van der Waals surface area (Å²) >= 11 is 1.20. The molecule has 0 spiro atoms. The lowest BCUT2D eigenvalue weighted by Crippen LogP contribution is -2.37. The minimum absolute atomic E-state index is 0.0880. The smallest absolute Gasteiger partial charge is 0.251 e. The third kappa shape index (κ3) is 4.12. The normalized spacial score (nSPS) is 17.3. The highest BCUT2D eigenvalue weighted by atomic mass is 32.2. The van der Waals surface area contributed by atoms with E-state index in [1.165, 1.54) is 22.3 Å². The first kappa shape index (κ1) is 20.2. The Morgan fingerprint density at radius 3 is 2.66 bits per heavy atom. The molecule has 1 aromatic carbocycles. The van der Waals surface area contributed by atoms with Crippen molar-refractivity contribution in [2.75, 3.05) is 30.3 Å². The molecule has 0 aliphatic carbocycles. The molecule has 1 amide bonds. The van der Waals surface area contributed by atoms with Crippen LogP contribution < -0.4 is 9.63 Å². The van der Waals surface area contributed by atoms with Gasteiger partial charge in [-0.25, -0.2) is 8.42 Å². The molecule has 0 bridgehead atoms. The summed E-state index contributed by atoms with van der Waals surface area (Å²) in [6.07, 6.45) is 4.73. The number of amides is 1. The van der Waals surface area contributed by atoms with E-state index in [9.17, 15) is 18.4 Å². The number of anilines is 1. The molecule has 1 fully saturated rings. The van der Waals surface area contributed by atoms with E-state index < -0.39 is 10.0 Å². The monoisotopic (exact) mass is 433 g/mol. The number of carbonyl (C=O) groups is 1. The highest BCUT2D eigenvalue weighted by Crippen LogP contribution is 2.32. The number of pyridine rings is 1. The largest absolute Gasteiger partial charge is 0.618 e. The van der Waals surface area contributed by atoms with Gasteiger partial charge in [-0.15, -0.1) is 0 Å². The number of hydrogen-bond donors (Lipinski definition) is 0. The van der Waals surface area contributed by atoms with Gasteiger partial charge in [0, 0.05) is 37.5 Å². The van der Waals surface area contributed by atoms with Crippen molar-refractivity contribution in [1.82, 2.24) is 4.31 Å². The van der Waals surface area contributed by atoms with E-state index in [0.29, 0.717) is 29.6 Å². The Kier molecular flexibility index (Phi) is 5.80. The van der Waals surface area contributed by atoms with Crippen molar-refractivity contribution < 1.29 is 17.9 Å². The van der Waals surface area contributed by atoms with Crippen molar-refractivity contribution in [3.05, 3.63) is 53.4 Å². The molecular weight excluding hydrogens is 410 g/mol. The minimum Gasteiger partial charge on any atom is -0.618 e. The van der Waals surface area contributed by atoms with Gasteiger partial charge >= 0.3 is 0 Å². The summed E-state index contributed by atoms with van der Waals surface area (Å²) in [5.74, 6) is 0.0643. The predicted octanol–water partition coefficient (Wildman–Crippen LogP) is 2.18. The van der Waals surface area contributed by atoms with E-state index in [0.717, 1.165) is 41.7 Å². The number of carbonyl (C=O) groups excluding carboxylic acids is 1. The highest BCUT2D eigenvalue weighted by Gasteiger charge is 2.29. The van der Waals surface area contributed by atoms with Crippen molar-refractivity contribution in [3.8, 4) is 0 Å². The summed E-state index contributed by atoms with van der Waals surface area (Å²) in [7, 11) is -3.47. The molecular formula is C20H23N3O4S2. The van der Waals surface area contributed by atoms with Gasteiger partial charge in [0.2, 0.25) is 15.9 Å². The molecule has 1 aromatic heterocycles. The molecule has 3 heterocycles. The maximum atomic E-state index is 12.8. The van der Waals surface area contributed by atoms with Crippen molar-refractivity contribution >= 4 is 33.4 Å². The molecule has 2 aromatic rings.